The van der Waals surface area contributed by atoms with Gasteiger partial charge in [0.05, 0.1) is 6.61 Å². The fourth-order valence-corrected chi connectivity index (χ4v) is 2.11. The molecule has 2 fully saturated rings. The average molecular weight is 251 g/mol. The van der Waals surface area contributed by atoms with Crippen molar-refractivity contribution in [3.8, 4) is 0 Å². The molecule has 6 heteroatoms. The third-order valence-corrected chi connectivity index (χ3v) is 3.41. The highest BCUT2D eigenvalue weighted by Crippen LogP contribution is 2.37. The molecule has 0 amide bonds. The largest absolute Gasteiger partial charge is 0.386 e. The predicted molar refractivity (Wildman–Crippen MR) is 65.7 cm³/mol. The van der Waals surface area contributed by atoms with Gasteiger partial charge in [0.1, 0.15) is 17.2 Å². The maximum absolute atomic E-state index is 11.5. The topological polar surface area (TPSA) is 87.2 Å². The lowest BCUT2D eigenvalue weighted by molar-refractivity contribution is 0.0381. The van der Waals surface area contributed by atoms with Gasteiger partial charge in [0.2, 0.25) is 0 Å². The van der Waals surface area contributed by atoms with Crippen molar-refractivity contribution in [3.05, 3.63) is 22.2 Å². The van der Waals surface area contributed by atoms with Crippen LogP contribution in [0.2, 0.25) is 0 Å². The van der Waals surface area contributed by atoms with E-state index in [2.05, 4.69) is 15.3 Å². The van der Waals surface area contributed by atoms with E-state index >= 15 is 0 Å². The van der Waals surface area contributed by atoms with Crippen molar-refractivity contribution < 1.29 is 9.84 Å². The molecule has 0 spiro atoms. The zero-order chi connectivity index (χ0) is 12.6. The third-order valence-electron chi connectivity index (χ3n) is 3.41. The van der Waals surface area contributed by atoms with E-state index < -0.39 is 5.60 Å². The highest BCUT2D eigenvalue weighted by atomic mass is 16.5. The lowest BCUT2D eigenvalue weighted by Gasteiger charge is -2.20. The van der Waals surface area contributed by atoms with Crippen LogP contribution in [-0.2, 0) is 4.74 Å². The van der Waals surface area contributed by atoms with Crippen LogP contribution in [0.1, 0.15) is 31.0 Å². The number of rotatable bonds is 4. The molecule has 1 saturated carbocycles. The van der Waals surface area contributed by atoms with Gasteiger partial charge in [-0.2, -0.15) is 0 Å². The van der Waals surface area contributed by atoms with Crippen LogP contribution in [0, 0.1) is 0 Å². The van der Waals surface area contributed by atoms with Crippen LogP contribution in [0.4, 0.5) is 5.82 Å². The summed E-state index contributed by atoms with van der Waals surface area (Å²) in [6.07, 6.45) is 2.78. The van der Waals surface area contributed by atoms with Gasteiger partial charge in [0.15, 0.2) is 0 Å². The second-order valence-electron chi connectivity index (χ2n) is 5.17. The fraction of sp³-hybridized carbons (Fsp3) is 0.667. The van der Waals surface area contributed by atoms with Gasteiger partial charge in [-0.15, -0.1) is 0 Å². The van der Waals surface area contributed by atoms with E-state index in [4.69, 9.17) is 4.74 Å². The summed E-state index contributed by atoms with van der Waals surface area (Å²) in [5.41, 5.74) is -0.992. The van der Waals surface area contributed by atoms with Crippen LogP contribution in [0.15, 0.2) is 10.9 Å². The maximum Gasteiger partial charge on any atom is 0.252 e. The molecular formula is C12H17N3O3. The van der Waals surface area contributed by atoms with Crippen molar-refractivity contribution in [1.29, 1.82) is 0 Å². The zero-order valence-electron chi connectivity index (χ0n) is 10.1. The molecule has 1 aliphatic heterocycles. The molecule has 0 bridgehead atoms. The van der Waals surface area contributed by atoms with Crippen LogP contribution < -0.4 is 10.9 Å². The quantitative estimate of drug-likeness (QED) is 0.712. The fourth-order valence-electron chi connectivity index (χ4n) is 2.11. The summed E-state index contributed by atoms with van der Waals surface area (Å²) in [5, 5.41) is 13.1. The van der Waals surface area contributed by atoms with E-state index in [1.54, 1.807) is 0 Å². The van der Waals surface area contributed by atoms with Crippen LogP contribution in [-0.4, -0.2) is 40.4 Å². The Morgan fingerprint density at radius 3 is 3.11 bits per heavy atom. The molecule has 1 unspecified atom stereocenters. The molecule has 0 aromatic carbocycles. The molecule has 2 aliphatic rings. The molecule has 1 aliphatic carbocycles. The smallest absolute Gasteiger partial charge is 0.252 e. The molecule has 1 aromatic rings. The Morgan fingerprint density at radius 2 is 2.44 bits per heavy atom. The van der Waals surface area contributed by atoms with Gasteiger partial charge in [0, 0.05) is 31.6 Å². The number of hydrogen-bond acceptors (Lipinski definition) is 5. The summed E-state index contributed by atoms with van der Waals surface area (Å²) in [6, 6.07) is 1.42. The van der Waals surface area contributed by atoms with E-state index in [1.165, 1.54) is 6.07 Å². The van der Waals surface area contributed by atoms with Crippen LogP contribution in [0.25, 0.3) is 0 Å². The van der Waals surface area contributed by atoms with Crippen LogP contribution in [0.5, 0.6) is 0 Å². The summed E-state index contributed by atoms with van der Waals surface area (Å²) in [7, 11) is 0. The first-order valence-electron chi connectivity index (χ1n) is 6.30. The number of aliphatic hydroxyl groups is 1. The Labute approximate surface area is 104 Å². The molecule has 1 atom stereocenters. The van der Waals surface area contributed by atoms with Gasteiger partial charge in [-0.3, -0.25) is 4.79 Å². The monoisotopic (exact) mass is 251 g/mol. The maximum atomic E-state index is 11.5. The van der Waals surface area contributed by atoms with Gasteiger partial charge >= 0.3 is 0 Å². The van der Waals surface area contributed by atoms with Crippen LogP contribution in [0.3, 0.4) is 0 Å². The van der Waals surface area contributed by atoms with E-state index in [-0.39, 0.29) is 5.56 Å². The van der Waals surface area contributed by atoms with Gasteiger partial charge in [-0.1, -0.05) is 0 Å². The number of ether oxygens (including phenoxy) is 1. The van der Waals surface area contributed by atoms with Crippen molar-refractivity contribution in [3.63, 3.8) is 0 Å². The summed E-state index contributed by atoms with van der Waals surface area (Å²) >= 11 is 0. The minimum absolute atomic E-state index is 0.149. The van der Waals surface area contributed by atoms with Crippen molar-refractivity contribution in [2.24, 2.45) is 0 Å². The van der Waals surface area contributed by atoms with Crippen molar-refractivity contribution in [1.82, 2.24) is 9.97 Å². The van der Waals surface area contributed by atoms with Gasteiger partial charge < -0.3 is 20.1 Å². The van der Waals surface area contributed by atoms with E-state index in [9.17, 15) is 9.90 Å². The van der Waals surface area contributed by atoms with Crippen LogP contribution >= 0.6 is 0 Å². The number of nitrogens with zero attached hydrogens (tertiary/aromatic N) is 1. The molecule has 1 aromatic heterocycles. The first kappa shape index (κ1) is 11.7. The molecule has 1 saturated heterocycles. The first-order valence-corrected chi connectivity index (χ1v) is 6.30. The number of aromatic amines is 1. The van der Waals surface area contributed by atoms with E-state index in [1.807, 2.05) is 0 Å². The molecule has 18 heavy (non-hydrogen) atoms. The molecule has 2 heterocycles. The number of hydrogen-bond donors (Lipinski definition) is 3. The van der Waals surface area contributed by atoms with E-state index in [0.717, 1.165) is 18.7 Å². The second kappa shape index (κ2) is 4.37. The number of H-pyrrole nitrogens is 1. The lowest BCUT2D eigenvalue weighted by atomic mass is 10.0. The SMILES string of the molecule is O=c1cc(NCC2(O)CCOC2)nc(C2CC2)[nH]1. The standard InChI is InChI=1S/C12H17N3O3/c16-10-5-9(14-11(15-10)8-1-2-8)13-6-12(17)3-4-18-7-12/h5,8,17H,1-4,6-7H2,(H2,13,14,15,16). The minimum Gasteiger partial charge on any atom is -0.386 e. The zero-order valence-corrected chi connectivity index (χ0v) is 10.1. The number of anilines is 1. The van der Waals surface area contributed by atoms with Crippen molar-refractivity contribution >= 4 is 5.82 Å². The Kier molecular flexibility index (Phi) is 2.83. The Morgan fingerprint density at radius 1 is 1.61 bits per heavy atom. The number of aromatic nitrogens is 2. The highest BCUT2D eigenvalue weighted by Gasteiger charge is 2.32. The van der Waals surface area contributed by atoms with Crippen molar-refractivity contribution in [2.75, 3.05) is 25.1 Å². The molecular weight excluding hydrogens is 234 g/mol. The predicted octanol–water partition coefficient (Wildman–Crippen LogP) is 0.211. The molecule has 3 rings (SSSR count). The third kappa shape index (κ3) is 2.54. The first-order chi connectivity index (χ1) is 8.65. The molecule has 3 N–H and O–H groups in total. The minimum atomic E-state index is -0.843. The number of nitrogens with one attached hydrogen (secondary N) is 2. The molecule has 0 radical (unpaired) electrons. The summed E-state index contributed by atoms with van der Waals surface area (Å²) in [5.74, 6) is 1.68. The lowest BCUT2D eigenvalue weighted by Crippen LogP contribution is -2.37. The van der Waals surface area contributed by atoms with Gasteiger partial charge in [-0.25, -0.2) is 4.98 Å². The van der Waals surface area contributed by atoms with Gasteiger partial charge in [-0.05, 0) is 12.8 Å². The van der Waals surface area contributed by atoms with E-state index in [0.29, 0.717) is 37.9 Å². The summed E-state index contributed by atoms with van der Waals surface area (Å²) in [4.78, 5) is 18.6. The average Bonchev–Trinajstić information content (AvgIpc) is 3.10. The Bertz CT molecular complexity index is 490. The normalized spacial score (nSPS) is 27.4. The molecule has 6 nitrogen and oxygen atoms in total. The highest BCUT2D eigenvalue weighted by molar-refractivity contribution is 5.34. The van der Waals surface area contributed by atoms with Crippen molar-refractivity contribution in [2.45, 2.75) is 30.8 Å². The Balaban J connectivity index is 1.70. The summed E-state index contributed by atoms with van der Waals surface area (Å²) < 4.78 is 5.17. The molecule has 98 valence electrons. The summed E-state index contributed by atoms with van der Waals surface area (Å²) in [6.45, 7) is 1.26. The Hall–Kier alpha value is -1.40. The van der Waals surface area contributed by atoms with Gasteiger partial charge in [0.25, 0.3) is 5.56 Å². The second-order valence-corrected chi connectivity index (χ2v) is 5.17.